The number of nitrogens with zero attached hydrogens (tertiary/aromatic N) is 2. The van der Waals surface area contributed by atoms with Crippen LogP contribution in [0.5, 0.6) is 5.75 Å². The van der Waals surface area contributed by atoms with Gasteiger partial charge in [0.05, 0.1) is 6.04 Å². The van der Waals surface area contributed by atoms with Gasteiger partial charge in [0.1, 0.15) is 23.3 Å². The molecule has 23 heavy (non-hydrogen) atoms. The molecule has 0 N–H and O–H groups in total. The third-order valence-electron chi connectivity index (χ3n) is 4.71. The van der Waals surface area contributed by atoms with Crippen LogP contribution >= 0.6 is 11.3 Å². The van der Waals surface area contributed by atoms with Crippen LogP contribution in [-0.4, -0.2) is 28.9 Å². The lowest BCUT2D eigenvalue weighted by Gasteiger charge is -2.36. The molecule has 120 valence electrons. The number of rotatable bonds is 2. The van der Waals surface area contributed by atoms with E-state index in [0.717, 1.165) is 47.8 Å². The van der Waals surface area contributed by atoms with E-state index < -0.39 is 0 Å². The van der Waals surface area contributed by atoms with Crippen LogP contribution in [0.4, 0.5) is 0 Å². The lowest BCUT2D eigenvalue weighted by atomic mass is 9.96. The molecule has 0 bridgehead atoms. The van der Waals surface area contributed by atoms with Crippen LogP contribution in [0, 0.1) is 6.92 Å². The standard InChI is InChI=1S/C18H20N2O2S/c1-12-11-23-17(19-12)15-7-4-5-9-20(15)18(21)14-10-22-16-8-3-2-6-13(14)16/h2-3,6,8,11,14-15H,4-5,7,9-10H2,1H3. The number of carbonyl (C=O) groups excluding carboxylic acids is 1. The fourth-order valence-corrected chi connectivity index (χ4v) is 4.49. The van der Waals surface area contributed by atoms with Crippen molar-refractivity contribution in [3.05, 3.63) is 45.9 Å². The molecule has 1 aromatic heterocycles. The van der Waals surface area contributed by atoms with Crippen LogP contribution in [0.25, 0.3) is 0 Å². The molecule has 2 atom stereocenters. The lowest BCUT2D eigenvalue weighted by Crippen LogP contribution is -2.41. The molecule has 2 aliphatic heterocycles. The summed E-state index contributed by atoms with van der Waals surface area (Å²) in [4.78, 5) is 19.8. The molecule has 4 nitrogen and oxygen atoms in total. The first-order valence-electron chi connectivity index (χ1n) is 8.18. The van der Waals surface area contributed by atoms with Crippen molar-refractivity contribution in [2.45, 2.75) is 38.1 Å². The number of carbonyl (C=O) groups is 1. The maximum absolute atomic E-state index is 13.2. The summed E-state index contributed by atoms with van der Waals surface area (Å²) in [6.07, 6.45) is 3.24. The molecule has 2 unspecified atom stereocenters. The van der Waals surface area contributed by atoms with Gasteiger partial charge in [-0.05, 0) is 32.3 Å². The van der Waals surface area contributed by atoms with E-state index in [4.69, 9.17) is 4.74 Å². The minimum atomic E-state index is -0.173. The predicted octanol–water partition coefficient (Wildman–Crippen LogP) is 3.68. The zero-order chi connectivity index (χ0) is 15.8. The molecule has 3 heterocycles. The monoisotopic (exact) mass is 328 g/mol. The normalized spacial score (nSPS) is 23.4. The van der Waals surface area contributed by atoms with Crippen LogP contribution in [0.15, 0.2) is 29.6 Å². The molecule has 1 saturated heterocycles. The summed E-state index contributed by atoms with van der Waals surface area (Å²) in [6.45, 7) is 3.29. The molecule has 1 fully saturated rings. The Kier molecular flexibility index (Phi) is 3.81. The molecule has 1 amide bonds. The third-order valence-corrected chi connectivity index (χ3v) is 5.77. The molecule has 2 aliphatic rings. The summed E-state index contributed by atoms with van der Waals surface area (Å²) in [6, 6.07) is 8.01. The third kappa shape index (κ3) is 2.63. The summed E-state index contributed by atoms with van der Waals surface area (Å²) in [5, 5.41) is 3.14. The second kappa shape index (κ2) is 5.96. The Morgan fingerprint density at radius 3 is 3.04 bits per heavy atom. The highest BCUT2D eigenvalue weighted by Gasteiger charge is 2.38. The van der Waals surface area contributed by atoms with E-state index in [9.17, 15) is 4.79 Å². The largest absolute Gasteiger partial charge is 0.492 e. The van der Waals surface area contributed by atoms with Gasteiger partial charge < -0.3 is 9.64 Å². The minimum Gasteiger partial charge on any atom is -0.492 e. The second-order valence-electron chi connectivity index (χ2n) is 6.27. The average molecular weight is 328 g/mol. The SMILES string of the molecule is Cc1csc(C2CCCCN2C(=O)C2COc3ccccc32)n1. The molecule has 0 aliphatic carbocycles. The Morgan fingerprint density at radius 1 is 1.35 bits per heavy atom. The average Bonchev–Trinajstić information content (AvgIpc) is 3.20. The van der Waals surface area contributed by atoms with Gasteiger partial charge in [-0.25, -0.2) is 4.98 Å². The van der Waals surface area contributed by atoms with Crippen molar-refractivity contribution in [2.75, 3.05) is 13.2 Å². The van der Waals surface area contributed by atoms with Crippen LogP contribution in [0.2, 0.25) is 0 Å². The molecule has 2 aromatic rings. The number of likely N-dealkylation sites (tertiary alicyclic amines) is 1. The quantitative estimate of drug-likeness (QED) is 0.844. The number of aromatic nitrogens is 1. The number of aryl methyl sites for hydroxylation is 1. The Morgan fingerprint density at radius 2 is 2.22 bits per heavy atom. The zero-order valence-electron chi connectivity index (χ0n) is 13.2. The summed E-state index contributed by atoms with van der Waals surface area (Å²) >= 11 is 1.67. The maximum Gasteiger partial charge on any atom is 0.234 e. The zero-order valence-corrected chi connectivity index (χ0v) is 14.0. The van der Waals surface area contributed by atoms with Gasteiger partial charge in [0.2, 0.25) is 5.91 Å². The van der Waals surface area contributed by atoms with Gasteiger partial charge in [0.25, 0.3) is 0 Å². The van der Waals surface area contributed by atoms with Crippen LogP contribution in [0.3, 0.4) is 0 Å². The molecule has 4 rings (SSSR count). The number of hydrogen-bond donors (Lipinski definition) is 0. The van der Waals surface area contributed by atoms with E-state index in [2.05, 4.69) is 10.4 Å². The Bertz CT molecular complexity index is 727. The summed E-state index contributed by atoms with van der Waals surface area (Å²) in [5.41, 5.74) is 2.06. The van der Waals surface area contributed by atoms with E-state index in [0.29, 0.717) is 6.61 Å². The van der Waals surface area contributed by atoms with Crippen molar-refractivity contribution in [1.82, 2.24) is 9.88 Å². The number of benzene rings is 1. The Balaban J connectivity index is 1.61. The minimum absolute atomic E-state index is 0.128. The highest BCUT2D eigenvalue weighted by Crippen LogP contribution is 2.39. The van der Waals surface area contributed by atoms with Crippen molar-refractivity contribution in [1.29, 1.82) is 0 Å². The van der Waals surface area contributed by atoms with Crippen molar-refractivity contribution in [3.63, 3.8) is 0 Å². The Hall–Kier alpha value is -1.88. The van der Waals surface area contributed by atoms with Gasteiger partial charge in [-0.1, -0.05) is 18.2 Å². The van der Waals surface area contributed by atoms with Gasteiger partial charge in [-0.15, -0.1) is 11.3 Å². The predicted molar refractivity (Wildman–Crippen MR) is 89.8 cm³/mol. The van der Waals surface area contributed by atoms with Crippen LogP contribution in [-0.2, 0) is 4.79 Å². The number of piperidine rings is 1. The number of ether oxygens (including phenoxy) is 1. The molecule has 1 aromatic carbocycles. The van der Waals surface area contributed by atoms with Gasteiger partial charge >= 0.3 is 0 Å². The van der Waals surface area contributed by atoms with E-state index in [1.807, 2.05) is 36.1 Å². The number of thiazole rings is 1. The molecule has 0 radical (unpaired) electrons. The van der Waals surface area contributed by atoms with E-state index in [1.165, 1.54) is 0 Å². The van der Waals surface area contributed by atoms with E-state index in [1.54, 1.807) is 11.3 Å². The fourth-order valence-electron chi connectivity index (χ4n) is 3.54. The first-order valence-corrected chi connectivity index (χ1v) is 9.06. The fraction of sp³-hybridized carbons (Fsp3) is 0.444. The van der Waals surface area contributed by atoms with E-state index in [-0.39, 0.29) is 17.9 Å². The summed E-state index contributed by atoms with van der Waals surface area (Å²) < 4.78 is 5.71. The maximum atomic E-state index is 13.2. The van der Waals surface area contributed by atoms with Crippen molar-refractivity contribution >= 4 is 17.2 Å². The Labute approximate surface area is 140 Å². The van der Waals surface area contributed by atoms with Crippen LogP contribution in [0.1, 0.15) is 47.5 Å². The molecule has 5 heteroatoms. The van der Waals surface area contributed by atoms with Crippen molar-refractivity contribution in [2.24, 2.45) is 0 Å². The number of fused-ring (bicyclic) bond motifs is 1. The molecule has 0 saturated carbocycles. The summed E-state index contributed by atoms with van der Waals surface area (Å²) in [5.74, 6) is 0.866. The van der Waals surface area contributed by atoms with E-state index >= 15 is 0 Å². The van der Waals surface area contributed by atoms with Gasteiger partial charge in [-0.2, -0.15) is 0 Å². The van der Waals surface area contributed by atoms with Gasteiger partial charge in [0.15, 0.2) is 0 Å². The number of amides is 1. The molecular weight excluding hydrogens is 308 g/mol. The smallest absolute Gasteiger partial charge is 0.234 e. The topological polar surface area (TPSA) is 42.4 Å². The van der Waals surface area contributed by atoms with Gasteiger partial charge in [0, 0.05) is 23.2 Å². The molecular formula is C18H20N2O2S. The first-order chi connectivity index (χ1) is 11.2. The van der Waals surface area contributed by atoms with Crippen LogP contribution < -0.4 is 4.74 Å². The lowest BCUT2D eigenvalue weighted by molar-refractivity contribution is -0.137. The number of hydrogen-bond acceptors (Lipinski definition) is 4. The van der Waals surface area contributed by atoms with Gasteiger partial charge in [-0.3, -0.25) is 4.79 Å². The highest BCUT2D eigenvalue weighted by molar-refractivity contribution is 7.09. The highest BCUT2D eigenvalue weighted by atomic mass is 32.1. The molecule has 0 spiro atoms. The van der Waals surface area contributed by atoms with Crippen molar-refractivity contribution < 1.29 is 9.53 Å². The number of para-hydroxylation sites is 1. The first kappa shape index (κ1) is 14.7. The van der Waals surface area contributed by atoms with Crippen molar-refractivity contribution in [3.8, 4) is 5.75 Å². The second-order valence-corrected chi connectivity index (χ2v) is 7.16. The summed E-state index contributed by atoms with van der Waals surface area (Å²) in [7, 11) is 0.